The molecule has 1 aromatic heterocycles. The highest BCUT2D eigenvalue weighted by atomic mass is 32.2. The lowest BCUT2D eigenvalue weighted by Crippen LogP contribution is -2.27. The fraction of sp³-hybridized carbons (Fsp3) is 0.263. The number of nitrogens with zero attached hydrogens (tertiary/aromatic N) is 1. The van der Waals surface area contributed by atoms with Gasteiger partial charge in [-0.15, -0.1) is 0 Å². The van der Waals surface area contributed by atoms with Crippen LogP contribution < -0.4 is 10.0 Å². The summed E-state index contributed by atoms with van der Waals surface area (Å²) in [6.07, 6.45) is 3.00. The fourth-order valence-electron chi connectivity index (χ4n) is 2.85. The number of thiazole rings is 1. The van der Waals surface area contributed by atoms with Crippen molar-refractivity contribution in [1.82, 2.24) is 4.98 Å². The van der Waals surface area contributed by atoms with Crippen molar-refractivity contribution in [1.29, 1.82) is 0 Å². The lowest BCUT2D eigenvalue weighted by atomic mass is 9.85. The predicted octanol–water partition coefficient (Wildman–Crippen LogP) is 4.14. The molecule has 140 valence electrons. The van der Waals surface area contributed by atoms with E-state index in [1.165, 1.54) is 11.3 Å². The van der Waals surface area contributed by atoms with E-state index in [1.807, 2.05) is 13.0 Å². The molecule has 1 heterocycles. The Hall–Kier alpha value is -2.45. The minimum absolute atomic E-state index is 0.0467. The molecule has 1 aliphatic carbocycles. The standard InChI is InChI=1S/C19H19N3O3S2/c1-12-5-8-15(9-6-12)27(24,25)22-19-21-16-10-7-14(11-17(16)26-19)20-18(23)13-3-2-4-13/h5-11,13H,2-4H2,1H3,(H,20,23)(H,21,22). The first-order chi connectivity index (χ1) is 12.9. The summed E-state index contributed by atoms with van der Waals surface area (Å²) >= 11 is 1.24. The number of amides is 1. The van der Waals surface area contributed by atoms with Crippen LogP contribution in [0.1, 0.15) is 24.8 Å². The molecule has 1 saturated carbocycles. The van der Waals surface area contributed by atoms with E-state index >= 15 is 0 Å². The highest BCUT2D eigenvalue weighted by Gasteiger charge is 2.25. The van der Waals surface area contributed by atoms with E-state index in [-0.39, 0.29) is 16.7 Å². The zero-order valence-corrected chi connectivity index (χ0v) is 16.4. The number of fused-ring (bicyclic) bond motifs is 1. The number of hydrogen-bond acceptors (Lipinski definition) is 5. The summed E-state index contributed by atoms with van der Waals surface area (Å²) in [4.78, 5) is 16.6. The summed E-state index contributed by atoms with van der Waals surface area (Å²) in [6, 6.07) is 12.0. The normalized spacial score (nSPS) is 14.7. The third kappa shape index (κ3) is 3.81. The molecule has 8 heteroatoms. The molecular formula is C19H19N3O3S2. The molecule has 0 spiro atoms. The topological polar surface area (TPSA) is 88.2 Å². The van der Waals surface area contributed by atoms with Gasteiger partial charge in [-0.1, -0.05) is 35.5 Å². The number of aryl methyl sites for hydroxylation is 1. The molecule has 27 heavy (non-hydrogen) atoms. The van der Waals surface area contributed by atoms with Crippen molar-refractivity contribution in [2.75, 3.05) is 10.0 Å². The smallest absolute Gasteiger partial charge is 0.263 e. The number of nitrogens with one attached hydrogen (secondary N) is 2. The maximum Gasteiger partial charge on any atom is 0.263 e. The Labute approximate surface area is 161 Å². The van der Waals surface area contributed by atoms with Crippen molar-refractivity contribution in [3.63, 3.8) is 0 Å². The molecule has 1 amide bonds. The Morgan fingerprint density at radius 3 is 2.56 bits per heavy atom. The third-order valence-corrected chi connectivity index (χ3v) is 7.10. The lowest BCUT2D eigenvalue weighted by molar-refractivity contribution is -0.122. The van der Waals surface area contributed by atoms with E-state index in [0.29, 0.717) is 16.3 Å². The molecule has 2 aromatic carbocycles. The number of carbonyl (C=O) groups is 1. The molecule has 6 nitrogen and oxygen atoms in total. The van der Waals surface area contributed by atoms with E-state index in [9.17, 15) is 13.2 Å². The van der Waals surface area contributed by atoms with Crippen LogP contribution in [0.3, 0.4) is 0 Å². The largest absolute Gasteiger partial charge is 0.326 e. The minimum Gasteiger partial charge on any atom is -0.326 e. The zero-order valence-electron chi connectivity index (χ0n) is 14.7. The zero-order chi connectivity index (χ0) is 19.0. The third-order valence-electron chi connectivity index (χ3n) is 4.68. The van der Waals surface area contributed by atoms with Crippen molar-refractivity contribution in [2.45, 2.75) is 31.1 Å². The van der Waals surface area contributed by atoms with Crippen LogP contribution in [-0.2, 0) is 14.8 Å². The molecule has 1 fully saturated rings. The van der Waals surface area contributed by atoms with Crippen LogP contribution in [0.2, 0.25) is 0 Å². The monoisotopic (exact) mass is 401 g/mol. The van der Waals surface area contributed by atoms with Crippen LogP contribution in [0.4, 0.5) is 10.8 Å². The van der Waals surface area contributed by atoms with Gasteiger partial charge in [-0.25, -0.2) is 13.4 Å². The van der Waals surface area contributed by atoms with Crippen molar-refractivity contribution >= 4 is 48.3 Å². The molecule has 0 bridgehead atoms. The highest BCUT2D eigenvalue weighted by Crippen LogP contribution is 2.31. The second-order valence-electron chi connectivity index (χ2n) is 6.74. The Morgan fingerprint density at radius 2 is 1.89 bits per heavy atom. The number of anilines is 2. The second kappa shape index (κ2) is 6.94. The van der Waals surface area contributed by atoms with Crippen LogP contribution in [-0.4, -0.2) is 19.3 Å². The van der Waals surface area contributed by atoms with Gasteiger partial charge >= 0.3 is 0 Å². The lowest BCUT2D eigenvalue weighted by Gasteiger charge is -2.23. The van der Waals surface area contributed by atoms with Crippen molar-refractivity contribution < 1.29 is 13.2 Å². The molecule has 0 atom stereocenters. The van der Waals surface area contributed by atoms with Gasteiger partial charge in [0, 0.05) is 11.6 Å². The molecule has 2 N–H and O–H groups in total. The first kappa shape index (κ1) is 17.9. The molecular weight excluding hydrogens is 382 g/mol. The van der Waals surface area contributed by atoms with Crippen LogP contribution >= 0.6 is 11.3 Å². The molecule has 3 aromatic rings. The summed E-state index contributed by atoms with van der Waals surface area (Å²) in [6.45, 7) is 1.90. The number of aromatic nitrogens is 1. The number of hydrogen-bond donors (Lipinski definition) is 2. The first-order valence-corrected chi connectivity index (χ1v) is 11.0. The molecule has 0 radical (unpaired) electrons. The van der Waals surface area contributed by atoms with Crippen LogP contribution in [0.25, 0.3) is 10.2 Å². The van der Waals surface area contributed by atoms with Crippen LogP contribution in [0, 0.1) is 12.8 Å². The Balaban J connectivity index is 1.54. The van der Waals surface area contributed by atoms with Crippen LogP contribution in [0.5, 0.6) is 0 Å². The number of sulfonamides is 1. The van der Waals surface area contributed by atoms with Gasteiger partial charge in [-0.2, -0.15) is 0 Å². The van der Waals surface area contributed by atoms with Gasteiger partial charge < -0.3 is 5.32 Å². The van der Waals surface area contributed by atoms with Crippen molar-refractivity contribution in [3.05, 3.63) is 48.0 Å². The maximum atomic E-state index is 12.5. The SMILES string of the molecule is Cc1ccc(S(=O)(=O)Nc2nc3ccc(NC(=O)C4CCC4)cc3s2)cc1. The van der Waals surface area contributed by atoms with E-state index < -0.39 is 10.0 Å². The van der Waals surface area contributed by atoms with Gasteiger partial charge in [-0.05, 0) is 50.1 Å². The Morgan fingerprint density at radius 1 is 1.15 bits per heavy atom. The van der Waals surface area contributed by atoms with Gasteiger partial charge in [0.05, 0.1) is 15.1 Å². The summed E-state index contributed by atoms with van der Waals surface area (Å²) in [5.41, 5.74) is 2.38. The summed E-state index contributed by atoms with van der Waals surface area (Å²) < 4.78 is 28.4. The average Bonchev–Trinajstić information content (AvgIpc) is 2.94. The van der Waals surface area contributed by atoms with Gasteiger partial charge in [0.15, 0.2) is 5.13 Å². The van der Waals surface area contributed by atoms with Crippen LogP contribution in [0.15, 0.2) is 47.4 Å². The average molecular weight is 402 g/mol. The molecule has 0 saturated heterocycles. The van der Waals surface area contributed by atoms with Crippen molar-refractivity contribution in [3.8, 4) is 0 Å². The maximum absolute atomic E-state index is 12.5. The highest BCUT2D eigenvalue weighted by molar-refractivity contribution is 7.93. The van der Waals surface area contributed by atoms with E-state index in [4.69, 9.17) is 0 Å². The molecule has 0 unspecified atom stereocenters. The summed E-state index contributed by atoms with van der Waals surface area (Å²) in [5, 5.41) is 3.23. The van der Waals surface area contributed by atoms with Gasteiger partial charge in [0.1, 0.15) is 0 Å². The molecule has 4 rings (SSSR count). The van der Waals surface area contributed by atoms with Gasteiger partial charge in [-0.3, -0.25) is 9.52 Å². The van der Waals surface area contributed by atoms with Gasteiger partial charge in [0.25, 0.3) is 10.0 Å². The Kier molecular flexibility index (Phi) is 4.61. The number of carbonyl (C=O) groups excluding carboxylic acids is 1. The van der Waals surface area contributed by atoms with Crippen molar-refractivity contribution in [2.24, 2.45) is 5.92 Å². The van der Waals surface area contributed by atoms with E-state index in [2.05, 4.69) is 15.0 Å². The quantitative estimate of drug-likeness (QED) is 0.672. The Bertz CT molecular complexity index is 1100. The minimum atomic E-state index is -3.69. The second-order valence-corrected chi connectivity index (χ2v) is 9.45. The number of rotatable bonds is 5. The summed E-state index contributed by atoms with van der Waals surface area (Å²) in [5.74, 6) is 0.157. The molecule has 0 aliphatic heterocycles. The van der Waals surface area contributed by atoms with E-state index in [1.54, 1.807) is 36.4 Å². The summed E-state index contributed by atoms with van der Waals surface area (Å²) in [7, 11) is -3.69. The predicted molar refractivity (Wildman–Crippen MR) is 108 cm³/mol. The molecule has 1 aliphatic rings. The van der Waals surface area contributed by atoms with Gasteiger partial charge in [0.2, 0.25) is 5.91 Å². The number of benzene rings is 2. The first-order valence-electron chi connectivity index (χ1n) is 8.72. The van der Waals surface area contributed by atoms with E-state index in [0.717, 1.165) is 29.5 Å². The fourth-order valence-corrected chi connectivity index (χ4v) is 4.99.